The van der Waals surface area contributed by atoms with E-state index in [1.807, 2.05) is 82.3 Å². The van der Waals surface area contributed by atoms with Crippen LogP contribution < -0.4 is 10.6 Å². The first-order valence-electron chi connectivity index (χ1n) is 14.7. The first kappa shape index (κ1) is 33.1. The number of thioether (sulfide) groups is 1. The normalized spacial score (nSPS) is 13.4. The summed E-state index contributed by atoms with van der Waals surface area (Å²) in [6.45, 7) is 9.97. The third-order valence-electron chi connectivity index (χ3n) is 6.61. The number of carbonyl (C=O) groups is 4. The molecular formula is C33H39N3O6S2. The highest BCUT2D eigenvalue weighted by Gasteiger charge is 2.34. The highest BCUT2D eigenvalue weighted by Crippen LogP contribution is 2.41. The Kier molecular flexibility index (Phi) is 11.1. The Bertz CT molecular complexity index is 1500. The standard InChI is InChI=1S/C33H39N3O6S2/c1-6-12-26(37)34-22-15-11-16-23(19-22)43-28(21-13-9-8-10-14-21)29(38)35-30-27(31(39)41-7-2)24-17-18-36(20-25(24)44-30)32(40)42-33(3,4)5/h8-11,13-16,19,28H,6-7,12,17-18,20H2,1-5H3,(H,34,37)(H,35,38). The van der Waals surface area contributed by atoms with E-state index in [9.17, 15) is 19.2 Å². The second kappa shape index (κ2) is 14.8. The van der Waals surface area contributed by atoms with E-state index < -0.39 is 22.9 Å². The van der Waals surface area contributed by atoms with Crippen molar-refractivity contribution in [2.45, 2.75) is 76.2 Å². The predicted molar refractivity (Wildman–Crippen MR) is 174 cm³/mol. The molecule has 0 saturated carbocycles. The number of carbonyl (C=O) groups excluding carboxylic acids is 4. The number of hydrogen-bond acceptors (Lipinski definition) is 8. The molecule has 1 unspecified atom stereocenters. The van der Waals surface area contributed by atoms with Gasteiger partial charge < -0.3 is 25.0 Å². The van der Waals surface area contributed by atoms with Crippen LogP contribution in [0.3, 0.4) is 0 Å². The molecule has 0 fully saturated rings. The minimum absolute atomic E-state index is 0.0645. The third kappa shape index (κ3) is 8.63. The molecule has 0 radical (unpaired) electrons. The van der Waals surface area contributed by atoms with Crippen molar-refractivity contribution in [2.75, 3.05) is 23.8 Å². The molecule has 1 aliphatic rings. The number of anilines is 2. The van der Waals surface area contributed by atoms with Crippen molar-refractivity contribution in [3.8, 4) is 0 Å². The number of nitrogens with zero attached hydrogens (tertiary/aromatic N) is 1. The number of thiophene rings is 1. The SMILES string of the molecule is CCCC(=O)Nc1cccc(SC(C(=O)Nc2sc3c(c2C(=O)OCC)CCN(C(=O)OC(C)(C)C)C3)c2ccccc2)c1. The fraction of sp³-hybridized carbons (Fsp3) is 0.394. The van der Waals surface area contributed by atoms with Crippen molar-refractivity contribution < 1.29 is 28.7 Å². The van der Waals surface area contributed by atoms with E-state index in [1.165, 1.54) is 23.1 Å². The second-order valence-corrected chi connectivity index (χ2v) is 13.6. The number of benzene rings is 2. The molecule has 0 aliphatic carbocycles. The zero-order chi connectivity index (χ0) is 31.9. The molecule has 44 heavy (non-hydrogen) atoms. The molecule has 234 valence electrons. The van der Waals surface area contributed by atoms with Gasteiger partial charge in [-0.3, -0.25) is 9.59 Å². The quantitative estimate of drug-likeness (QED) is 0.176. The number of fused-ring (bicyclic) bond motifs is 1. The molecule has 3 amide bonds. The van der Waals surface area contributed by atoms with Crippen LogP contribution >= 0.6 is 23.1 Å². The van der Waals surface area contributed by atoms with Crippen molar-refractivity contribution in [1.29, 1.82) is 0 Å². The van der Waals surface area contributed by atoms with E-state index in [0.717, 1.165) is 27.3 Å². The molecular weight excluding hydrogens is 599 g/mol. The molecule has 9 nitrogen and oxygen atoms in total. The van der Waals surface area contributed by atoms with Gasteiger partial charge in [0.2, 0.25) is 11.8 Å². The van der Waals surface area contributed by atoms with Gasteiger partial charge in [-0.15, -0.1) is 23.1 Å². The Morgan fingerprint density at radius 1 is 1.02 bits per heavy atom. The molecule has 0 saturated heterocycles. The highest BCUT2D eigenvalue weighted by atomic mass is 32.2. The Balaban J connectivity index is 1.62. The highest BCUT2D eigenvalue weighted by molar-refractivity contribution is 8.00. The number of hydrogen-bond donors (Lipinski definition) is 2. The van der Waals surface area contributed by atoms with Crippen LogP contribution in [-0.2, 0) is 32.0 Å². The van der Waals surface area contributed by atoms with Crippen LogP contribution in [0.4, 0.5) is 15.5 Å². The van der Waals surface area contributed by atoms with Gasteiger partial charge in [0.1, 0.15) is 15.9 Å². The molecule has 2 N–H and O–H groups in total. The lowest BCUT2D eigenvalue weighted by Gasteiger charge is -2.30. The first-order chi connectivity index (χ1) is 21.0. The lowest BCUT2D eigenvalue weighted by Crippen LogP contribution is -2.39. The molecule has 0 bridgehead atoms. The summed E-state index contributed by atoms with van der Waals surface area (Å²) in [5, 5.41) is 5.67. The van der Waals surface area contributed by atoms with Crippen molar-refractivity contribution in [1.82, 2.24) is 4.90 Å². The van der Waals surface area contributed by atoms with Gasteiger partial charge >= 0.3 is 12.1 Å². The Morgan fingerprint density at radius 2 is 1.77 bits per heavy atom. The maximum Gasteiger partial charge on any atom is 0.410 e. The maximum atomic E-state index is 14.0. The summed E-state index contributed by atoms with van der Waals surface area (Å²) < 4.78 is 11.0. The van der Waals surface area contributed by atoms with Crippen LogP contribution in [0.25, 0.3) is 0 Å². The molecule has 2 heterocycles. The molecule has 2 aromatic carbocycles. The minimum Gasteiger partial charge on any atom is -0.462 e. The summed E-state index contributed by atoms with van der Waals surface area (Å²) in [5.74, 6) is -0.884. The Morgan fingerprint density at radius 3 is 2.45 bits per heavy atom. The summed E-state index contributed by atoms with van der Waals surface area (Å²) in [5.41, 5.74) is 1.92. The molecule has 11 heteroatoms. The van der Waals surface area contributed by atoms with Crippen LogP contribution in [0.15, 0.2) is 59.5 Å². The van der Waals surface area contributed by atoms with Gasteiger partial charge in [0.15, 0.2) is 0 Å². The van der Waals surface area contributed by atoms with Gasteiger partial charge in [0.25, 0.3) is 0 Å². The summed E-state index contributed by atoms with van der Waals surface area (Å²) in [4.78, 5) is 55.4. The molecule has 3 aromatic rings. The van der Waals surface area contributed by atoms with E-state index in [1.54, 1.807) is 11.8 Å². The largest absolute Gasteiger partial charge is 0.462 e. The van der Waals surface area contributed by atoms with E-state index in [2.05, 4.69) is 10.6 Å². The Labute approximate surface area is 266 Å². The van der Waals surface area contributed by atoms with Gasteiger partial charge in [-0.1, -0.05) is 43.3 Å². The average Bonchev–Trinajstić information content (AvgIpc) is 3.33. The summed E-state index contributed by atoms with van der Waals surface area (Å²) in [6, 6.07) is 16.8. The van der Waals surface area contributed by atoms with Gasteiger partial charge in [-0.2, -0.15) is 0 Å². The third-order valence-corrected chi connectivity index (χ3v) is 8.99. The lowest BCUT2D eigenvalue weighted by atomic mass is 10.0. The molecule has 1 aliphatic heterocycles. The number of ether oxygens (including phenoxy) is 2. The number of esters is 1. The number of rotatable bonds is 10. The van der Waals surface area contributed by atoms with Gasteiger partial charge in [-0.25, -0.2) is 9.59 Å². The second-order valence-electron chi connectivity index (χ2n) is 11.3. The molecule has 0 spiro atoms. The Hall–Kier alpha value is -3.83. The van der Waals surface area contributed by atoms with Gasteiger partial charge in [-0.05, 0) is 69.9 Å². The van der Waals surface area contributed by atoms with E-state index in [4.69, 9.17) is 9.47 Å². The minimum atomic E-state index is -0.662. The monoisotopic (exact) mass is 637 g/mol. The number of nitrogens with one attached hydrogen (secondary N) is 2. The topological polar surface area (TPSA) is 114 Å². The first-order valence-corrected chi connectivity index (χ1v) is 16.4. The lowest BCUT2D eigenvalue weighted by molar-refractivity contribution is -0.116. The van der Waals surface area contributed by atoms with Crippen molar-refractivity contribution in [3.05, 3.63) is 76.2 Å². The molecule has 4 rings (SSSR count). The fourth-order valence-electron chi connectivity index (χ4n) is 4.71. The zero-order valence-electron chi connectivity index (χ0n) is 25.7. The number of amides is 3. The van der Waals surface area contributed by atoms with E-state index in [0.29, 0.717) is 35.6 Å². The molecule has 1 aromatic heterocycles. The summed E-state index contributed by atoms with van der Waals surface area (Å²) in [7, 11) is 0. The van der Waals surface area contributed by atoms with Crippen LogP contribution in [-0.4, -0.2) is 47.5 Å². The van der Waals surface area contributed by atoms with E-state index in [-0.39, 0.29) is 25.0 Å². The maximum absolute atomic E-state index is 14.0. The van der Waals surface area contributed by atoms with Crippen LogP contribution in [0.5, 0.6) is 0 Å². The van der Waals surface area contributed by atoms with Gasteiger partial charge in [0, 0.05) is 28.4 Å². The van der Waals surface area contributed by atoms with Crippen molar-refractivity contribution in [3.63, 3.8) is 0 Å². The van der Waals surface area contributed by atoms with Crippen LogP contribution in [0, 0.1) is 0 Å². The molecule has 1 atom stereocenters. The summed E-state index contributed by atoms with van der Waals surface area (Å²) in [6.07, 6.45) is 1.18. The van der Waals surface area contributed by atoms with Crippen LogP contribution in [0.2, 0.25) is 0 Å². The predicted octanol–water partition coefficient (Wildman–Crippen LogP) is 7.43. The van der Waals surface area contributed by atoms with E-state index >= 15 is 0 Å². The smallest absolute Gasteiger partial charge is 0.410 e. The van der Waals surface area contributed by atoms with Gasteiger partial charge in [0.05, 0.1) is 18.7 Å². The zero-order valence-corrected chi connectivity index (χ0v) is 27.4. The summed E-state index contributed by atoms with van der Waals surface area (Å²) >= 11 is 2.63. The van der Waals surface area contributed by atoms with Crippen LogP contribution in [0.1, 0.15) is 79.1 Å². The van der Waals surface area contributed by atoms with Crippen molar-refractivity contribution >= 4 is 57.7 Å². The van der Waals surface area contributed by atoms with Crippen molar-refractivity contribution in [2.24, 2.45) is 0 Å². The average molecular weight is 638 g/mol. The fourth-order valence-corrected chi connectivity index (χ4v) is 7.04.